The molecule has 0 bridgehead atoms. The summed E-state index contributed by atoms with van der Waals surface area (Å²) in [7, 11) is -0.711. The first-order chi connectivity index (χ1) is 9.54. The number of carbonyl (C=O) groups is 2. The Balaban J connectivity index is 1.71. The molecule has 2 saturated heterocycles. The largest absolute Gasteiger partial charge is 0.481 e. The van der Waals surface area contributed by atoms with Crippen molar-refractivity contribution < 1.29 is 18.9 Å². The summed E-state index contributed by atoms with van der Waals surface area (Å²) in [5.74, 6) is 0.872. The smallest absolute Gasteiger partial charge is 0.317 e. The minimum Gasteiger partial charge on any atom is -0.481 e. The van der Waals surface area contributed by atoms with Crippen molar-refractivity contribution in [3.05, 3.63) is 0 Å². The second kappa shape index (κ2) is 7.06. The highest BCUT2D eigenvalue weighted by Crippen LogP contribution is 2.21. The second-order valence-electron chi connectivity index (χ2n) is 5.60. The molecule has 2 rings (SSSR count). The molecule has 0 aromatic heterocycles. The molecule has 6 nitrogen and oxygen atoms in total. The van der Waals surface area contributed by atoms with Gasteiger partial charge in [-0.2, -0.15) is 0 Å². The molecular weight excluding hydrogens is 280 g/mol. The van der Waals surface area contributed by atoms with Gasteiger partial charge in [0.15, 0.2) is 0 Å². The van der Waals surface area contributed by atoms with E-state index in [1.807, 2.05) is 0 Å². The lowest BCUT2D eigenvalue weighted by Gasteiger charge is -2.25. The van der Waals surface area contributed by atoms with Gasteiger partial charge in [0.2, 0.25) is 0 Å². The zero-order valence-corrected chi connectivity index (χ0v) is 12.4. The van der Waals surface area contributed by atoms with Gasteiger partial charge in [-0.25, -0.2) is 4.79 Å². The Labute approximate surface area is 121 Å². The first-order valence-corrected chi connectivity index (χ1v) is 8.65. The normalized spacial score (nSPS) is 30.2. The van der Waals surface area contributed by atoms with E-state index in [4.69, 9.17) is 5.11 Å². The van der Waals surface area contributed by atoms with E-state index in [1.165, 1.54) is 0 Å². The maximum Gasteiger partial charge on any atom is 0.317 e. The summed E-state index contributed by atoms with van der Waals surface area (Å²) < 4.78 is 11.3. The van der Waals surface area contributed by atoms with Crippen LogP contribution in [0, 0.1) is 5.92 Å². The van der Waals surface area contributed by atoms with E-state index in [0.717, 1.165) is 19.3 Å². The van der Waals surface area contributed by atoms with E-state index in [9.17, 15) is 13.8 Å². The molecule has 0 saturated carbocycles. The van der Waals surface area contributed by atoms with Gasteiger partial charge in [-0.1, -0.05) is 0 Å². The molecular formula is C13H22N2O4S. The van der Waals surface area contributed by atoms with Gasteiger partial charge in [-0.3, -0.25) is 9.00 Å². The maximum absolute atomic E-state index is 12.1. The topological polar surface area (TPSA) is 86.7 Å². The van der Waals surface area contributed by atoms with Crippen molar-refractivity contribution in [2.24, 2.45) is 5.92 Å². The molecule has 0 radical (unpaired) electrons. The van der Waals surface area contributed by atoms with E-state index in [2.05, 4.69) is 5.32 Å². The van der Waals surface area contributed by atoms with Crippen LogP contribution >= 0.6 is 0 Å². The van der Waals surface area contributed by atoms with Crippen LogP contribution in [0.2, 0.25) is 0 Å². The fourth-order valence-corrected chi connectivity index (χ4v) is 4.08. The zero-order valence-electron chi connectivity index (χ0n) is 11.5. The quantitative estimate of drug-likeness (QED) is 0.804. The Hall–Kier alpha value is -1.11. The molecule has 7 heteroatoms. The average Bonchev–Trinajstić information content (AvgIpc) is 2.88. The predicted molar refractivity (Wildman–Crippen MR) is 76.0 cm³/mol. The third-order valence-electron chi connectivity index (χ3n) is 4.06. The number of likely N-dealkylation sites (tertiary alicyclic amines) is 1. The summed E-state index contributed by atoms with van der Waals surface area (Å²) in [5, 5.41) is 11.7. The van der Waals surface area contributed by atoms with Crippen LogP contribution in [0.1, 0.15) is 32.1 Å². The summed E-state index contributed by atoms with van der Waals surface area (Å²) in [4.78, 5) is 24.4. The van der Waals surface area contributed by atoms with Gasteiger partial charge in [0.25, 0.3) is 0 Å². The molecule has 0 spiro atoms. The van der Waals surface area contributed by atoms with Crippen molar-refractivity contribution in [3.63, 3.8) is 0 Å². The number of amides is 2. The number of carboxylic acid groups (broad SMARTS) is 1. The highest BCUT2D eigenvalue weighted by atomic mass is 32.2. The molecule has 2 aliphatic rings. The fourth-order valence-electron chi connectivity index (χ4n) is 2.78. The highest BCUT2D eigenvalue weighted by Gasteiger charge is 2.28. The molecule has 114 valence electrons. The van der Waals surface area contributed by atoms with Crippen LogP contribution in [0.3, 0.4) is 0 Å². The Morgan fingerprint density at radius 3 is 2.60 bits per heavy atom. The van der Waals surface area contributed by atoms with Crippen LogP contribution in [0.15, 0.2) is 0 Å². The number of carboxylic acids is 1. The molecule has 1 unspecified atom stereocenters. The molecule has 20 heavy (non-hydrogen) atoms. The van der Waals surface area contributed by atoms with E-state index in [-0.39, 0.29) is 18.5 Å². The molecule has 2 amide bonds. The molecule has 2 fully saturated rings. The van der Waals surface area contributed by atoms with Crippen molar-refractivity contribution in [2.45, 2.75) is 38.1 Å². The maximum atomic E-state index is 12.1. The van der Waals surface area contributed by atoms with E-state index in [0.29, 0.717) is 36.9 Å². The van der Waals surface area contributed by atoms with Crippen LogP contribution in [0.5, 0.6) is 0 Å². The summed E-state index contributed by atoms with van der Waals surface area (Å²) in [6.45, 7) is 1.35. The van der Waals surface area contributed by atoms with Crippen LogP contribution in [0.4, 0.5) is 4.79 Å². The van der Waals surface area contributed by atoms with E-state index < -0.39 is 16.8 Å². The number of hydrogen-bond acceptors (Lipinski definition) is 3. The minimum atomic E-state index is -0.775. The summed E-state index contributed by atoms with van der Waals surface area (Å²) in [5.41, 5.74) is 0. The predicted octanol–water partition coefficient (Wildman–Crippen LogP) is 0.794. The summed E-state index contributed by atoms with van der Waals surface area (Å²) in [6.07, 6.45) is 3.27. The summed E-state index contributed by atoms with van der Waals surface area (Å²) in [6, 6.07) is 0.0822. The van der Waals surface area contributed by atoms with Crippen molar-refractivity contribution in [1.29, 1.82) is 0 Å². The Bertz CT molecular complexity index is 392. The van der Waals surface area contributed by atoms with Crippen LogP contribution in [-0.2, 0) is 15.6 Å². The molecule has 2 N–H and O–H groups in total. The van der Waals surface area contributed by atoms with E-state index >= 15 is 0 Å². The Kier molecular flexibility index (Phi) is 5.39. The SMILES string of the molecule is O=C(O)CCC1CCN(C(=O)NC2CCS(=O)CC2)C1. The third-order valence-corrected chi connectivity index (χ3v) is 5.44. The number of aliphatic carboxylic acids is 1. The van der Waals surface area contributed by atoms with Crippen molar-refractivity contribution >= 4 is 22.8 Å². The van der Waals surface area contributed by atoms with Crippen molar-refractivity contribution in [3.8, 4) is 0 Å². The lowest BCUT2D eigenvalue weighted by atomic mass is 10.0. The van der Waals surface area contributed by atoms with Gasteiger partial charge in [-0.15, -0.1) is 0 Å². The Morgan fingerprint density at radius 1 is 1.25 bits per heavy atom. The standard InChI is InChI=1S/C13H22N2O4S/c16-12(17)2-1-10-3-6-15(9-10)13(18)14-11-4-7-20(19)8-5-11/h10-11H,1-9H2,(H,14,18)(H,16,17). The van der Waals surface area contributed by atoms with Crippen molar-refractivity contribution in [1.82, 2.24) is 10.2 Å². The minimum absolute atomic E-state index is 0.0551. The van der Waals surface area contributed by atoms with Crippen LogP contribution < -0.4 is 5.32 Å². The van der Waals surface area contributed by atoms with Gasteiger partial charge in [0.1, 0.15) is 0 Å². The van der Waals surface area contributed by atoms with Crippen molar-refractivity contribution in [2.75, 3.05) is 24.6 Å². The third kappa shape index (κ3) is 4.47. The summed E-state index contributed by atoms with van der Waals surface area (Å²) >= 11 is 0. The number of nitrogens with zero attached hydrogens (tertiary/aromatic N) is 1. The van der Waals surface area contributed by atoms with Gasteiger partial charge < -0.3 is 15.3 Å². The number of hydrogen-bond donors (Lipinski definition) is 2. The van der Waals surface area contributed by atoms with E-state index in [1.54, 1.807) is 4.90 Å². The lowest BCUT2D eigenvalue weighted by molar-refractivity contribution is -0.137. The molecule has 2 heterocycles. The second-order valence-corrected chi connectivity index (χ2v) is 7.30. The van der Waals surface area contributed by atoms with Crippen LogP contribution in [0.25, 0.3) is 0 Å². The van der Waals surface area contributed by atoms with Gasteiger partial charge >= 0.3 is 12.0 Å². The molecule has 0 aromatic rings. The molecule has 0 aliphatic carbocycles. The highest BCUT2D eigenvalue weighted by molar-refractivity contribution is 7.85. The Morgan fingerprint density at radius 2 is 1.95 bits per heavy atom. The monoisotopic (exact) mass is 302 g/mol. The molecule has 1 atom stereocenters. The number of carbonyl (C=O) groups excluding carboxylic acids is 1. The number of nitrogens with one attached hydrogen (secondary N) is 1. The van der Waals surface area contributed by atoms with Crippen LogP contribution in [-0.4, -0.2) is 56.9 Å². The number of urea groups is 1. The van der Waals surface area contributed by atoms with Gasteiger partial charge in [0, 0.05) is 47.9 Å². The molecule has 0 aromatic carbocycles. The fraction of sp³-hybridized carbons (Fsp3) is 0.846. The lowest BCUT2D eigenvalue weighted by Crippen LogP contribution is -2.46. The van der Waals surface area contributed by atoms with Gasteiger partial charge in [0.05, 0.1) is 0 Å². The first-order valence-electron chi connectivity index (χ1n) is 7.17. The molecule has 2 aliphatic heterocycles. The average molecular weight is 302 g/mol. The zero-order chi connectivity index (χ0) is 14.5. The number of rotatable bonds is 4. The first kappa shape index (κ1) is 15.3. The van der Waals surface area contributed by atoms with Gasteiger partial charge in [-0.05, 0) is 31.6 Å².